The van der Waals surface area contributed by atoms with Gasteiger partial charge in [0.25, 0.3) is 11.8 Å². The van der Waals surface area contributed by atoms with Gasteiger partial charge in [-0.25, -0.2) is 0 Å². The van der Waals surface area contributed by atoms with Gasteiger partial charge in [0.1, 0.15) is 11.5 Å². The topological polar surface area (TPSA) is 76.7 Å². The van der Waals surface area contributed by atoms with Gasteiger partial charge in [0.15, 0.2) is 6.61 Å². The monoisotopic (exact) mass is 404 g/mol. The summed E-state index contributed by atoms with van der Waals surface area (Å²) in [4.78, 5) is 24.0. The van der Waals surface area contributed by atoms with Crippen LogP contribution in [0.3, 0.4) is 0 Å². The number of carbonyl (C=O) groups is 2. The van der Waals surface area contributed by atoms with Gasteiger partial charge in [-0.15, -0.1) is 0 Å². The van der Waals surface area contributed by atoms with Crippen molar-refractivity contribution in [3.63, 3.8) is 0 Å². The van der Waals surface area contributed by atoms with Crippen LogP contribution in [0.5, 0.6) is 11.5 Å². The molecular weight excluding hydrogens is 380 g/mol. The molecule has 28 heavy (non-hydrogen) atoms. The number of unbranched alkanes of at least 4 members (excludes halogenated alkanes) is 1. The second-order valence-corrected chi connectivity index (χ2v) is 6.77. The maximum Gasteiger partial charge on any atom is 0.276 e. The molecule has 0 saturated carbocycles. The summed E-state index contributed by atoms with van der Waals surface area (Å²) in [6, 6.07) is 10.2. The van der Waals surface area contributed by atoms with Crippen LogP contribution in [0, 0.1) is 13.8 Å². The van der Waals surface area contributed by atoms with Gasteiger partial charge in [-0.05, 0) is 67.8 Å². The molecule has 0 spiro atoms. The van der Waals surface area contributed by atoms with Crippen molar-refractivity contribution >= 4 is 23.4 Å². The Balaban J connectivity index is 1.78. The Hall–Kier alpha value is -2.73. The molecule has 0 aliphatic carbocycles. The number of carbonyl (C=O) groups excluding carboxylic acids is 2. The highest BCUT2D eigenvalue weighted by atomic mass is 35.5. The van der Waals surface area contributed by atoms with Crippen LogP contribution in [0.1, 0.15) is 41.3 Å². The summed E-state index contributed by atoms with van der Waals surface area (Å²) in [5, 5.41) is 0.672. The number of hydrogen-bond acceptors (Lipinski definition) is 4. The Morgan fingerprint density at radius 3 is 2.21 bits per heavy atom. The number of rotatable bonds is 8. The van der Waals surface area contributed by atoms with Gasteiger partial charge >= 0.3 is 0 Å². The molecule has 0 unspecified atom stereocenters. The Kier molecular flexibility index (Phi) is 8.14. The first kappa shape index (κ1) is 21.6. The minimum atomic E-state index is -0.474. The molecule has 0 aromatic heterocycles. The number of hydrogen-bond donors (Lipinski definition) is 2. The van der Waals surface area contributed by atoms with E-state index in [1.54, 1.807) is 36.4 Å². The van der Waals surface area contributed by atoms with E-state index in [9.17, 15) is 9.59 Å². The fraction of sp³-hybridized carbons (Fsp3) is 0.333. The predicted molar refractivity (Wildman–Crippen MR) is 109 cm³/mol. The molecule has 2 aromatic carbocycles. The molecule has 0 heterocycles. The largest absolute Gasteiger partial charge is 0.494 e. The summed E-state index contributed by atoms with van der Waals surface area (Å²) < 4.78 is 11.0. The molecule has 2 amide bonds. The zero-order chi connectivity index (χ0) is 20.5. The summed E-state index contributed by atoms with van der Waals surface area (Å²) in [5.74, 6) is 0.347. The fourth-order valence-electron chi connectivity index (χ4n) is 2.41. The minimum absolute atomic E-state index is 0.231. The molecule has 150 valence electrons. The third-order valence-electron chi connectivity index (χ3n) is 3.98. The van der Waals surface area contributed by atoms with E-state index in [4.69, 9.17) is 21.1 Å². The lowest BCUT2D eigenvalue weighted by Crippen LogP contribution is -2.43. The van der Waals surface area contributed by atoms with Crippen LogP contribution in [0.4, 0.5) is 0 Å². The van der Waals surface area contributed by atoms with Crippen molar-refractivity contribution in [3.8, 4) is 11.5 Å². The van der Waals surface area contributed by atoms with Gasteiger partial charge in [0.2, 0.25) is 0 Å². The second-order valence-electron chi connectivity index (χ2n) is 6.39. The minimum Gasteiger partial charge on any atom is -0.494 e. The third-order valence-corrected chi connectivity index (χ3v) is 4.57. The molecule has 0 atom stereocenters. The number of ether oxygens (including phenoxy) is 2. The van der Waals surface area contributed by atoms with E-state index in [1.807, 2.05) is 13.8 Å². The van der Waals surface area contributed by atoms with Gasteiger partial charge in [0.05, 0.1) is 6.61 Å². The molecule has 0 bridgehead atoms. The van der Waals surface area contributed by atoms with Crippen LogP contribution < -0.4 is 20.3 Å². The fourth-order valence-corrected chi connectivity index (χ4v) is 2.52. The van der Waals surface area contributed by atoms with Crippen LogP contribution in [0.15, 0.2) is 36.4 Å². The summed E-state index contributed by atoms with van der Waals surface area (Å²) >= 11 is 6.11. The Morgan fingerprint density at radius 2 is 1.61 bits per heavy atom. The second kappa shape index (κ2) is 10.6. The van der Waals surface area contributed by atoms with Crippen molar-refractivity contribution in [3.05, 3.63) is 58.1 Å². The zero-order valence-electron chi connectivity index (χ0n) is 16.3. The van der Waals surface area contributed by atoms with E-state index in [0.717, 1.165) is 24.0 Å². The first-order valence-electron chi connectivity index (χ1n) is 9.12. The third kappa shape index (κ3) is 6.46. The number of aryl methyl sites for hydroxylation is 2. The Labute approximate surface area is 170 Å². The first-order valence-corrected chi connectivity index (χ1v) is 9.50. The predicted octanol–water partition coefficient (Wildman–Crippen LogP) is 3.98. The highest BCUT2D eigenvalue weighted by molar-refractivity contribution is 6.32. The van der Waals surface area contributed by atoms with Crippen molar-refractivity contribution in [1.29, 1.82) is 0 Å². The number of nitrogens with one attached hydrogen (secondary N) is 2. The lowest BCUT2D eigenvalue weighted by Gasteiger charge is -2.11. The molecule has 0 aliphatic rings. The summed E-state index contributed by atoms with van der Waals surface area (Å²) in [6.07, 6.45) is 2.03. The quantitative estimate of drug-likeness (QED) is 0.515. The van der Waals surface area contributed by atoms with E-state index < -0.39 is 11.8 Å². The number of hydrazine groups is 1. The van der Waals surface area contributed by atoms with Crippen LogP contribution in [-0.2, 0) is 4.79 Å². The number of benzene rings is 2. The summed E-state index contributed by atoms with van der Waals surface area (Å²) in [6.45, 7) is 6.23. The smallest absolute Gasteiger partial charge is 0.276 e. The van der Waals surface area contributed by atoms with E-state index in [1.165, 1.54) is 0 Å². The van der Waals surface area contributed by atoms with Gasteiger partial charge < -0.3 is 9.47 Å². The molecule has 0 fully saturated rings. The lowest BCUT2D eigenvalue weighted by molar-refractivity contribution is -0.123. The molecular formula is C21H25ClN2O4. The van der Waals surface area contributed by atoms with Crippen molar-refractivity contribution < 1.29 is 19.1 Å². The van der Waals surface area contributed by atoms with Gasteiger partial charge in [0, 0.05) is 10.6 Å². The molecule has 7 heteroatoms. The first-order chi connectivity index (χ1) is 13.4. The highest BCUT2D eigenvalue weighted by Crippen LogP contribution is 2.25. The molecule has 0 aliphatic heterocycles. The van der Waals surface area contributed by atoms with Crippen molar-refractivity contribution in [2.45, 2.75) is 33.6 Å². The van der Waals surface area contributed by atoms with E-state index >= 15 is 0 Å². The van der Waals surface area contributed by atoms with Gasteiger partial charge in [-0.1, -0.05) is 24.9 Å². The average Bonchev–Trinajstić information content (AvgIpc) is 2.69. The van der Waals surface area contributed by atoms with E-state index in [-0.39, 0.29) is 6.61 Å². The van der Waals surface area contributed by atoms with E-state index in [2.05, 4.69) is 17.8 Å². The van der Waals surface area contributed by atoms with Gasteiger partial charge in [-0.3, -0.25) is 20.4 Å². The molecule has 6 nitrogen and oxygen atoms in total. The zero-order valence-corrected chi connectivity index (χ0v) is 17.1. The van der Waals surface area contributed by atoms with Crippen molar-refractivity contribution in [1.82, 2.24) is 10.9 Å². The van der Waals surface area contributed by atoms with Crippen molar-refractivity contribution in [2.24, 2.45) is 0 Å². The Bertz CT molecular complexity index is 799. The number of amides is 2. The maximum atomic E-state index is 12.1. The molecule has 0 saturated heterocycles. The van der Waals surface area contributed by atoms with Crippen LogP contribution in [0.25, 0.3) is 0 Å². The van der Waals surface area contributed by atoms with Crippen LogP contribution >= 0.6 is 11.6 Å². The highest BCUT2D eigenvalue weighted by Gasteiger charge is 2.09. The summed E-state index contributed by atoms with van der Waals surface area (Å²) in [5.41, 5.74) is 6.83. The standard InChI is InChI=1S/C21H25ClN2O4/c1-4-5-10-27-17-8-6-16(7-9-17)21(26)24-23-19(25)13-28-18-11-14(2)20(22)15(3)12-18/h6-9,11-12H,4-5,10,13H2,1-3H3,(H,23,25)(H,24,26). The van der Waals surface area contributed by atoms with Crippen LogP contribution in [0.2, 0.25) is 5.02 Å². The molecule has 2 rings (SSSR count). The molecule has 2 N–H and O–H groups in total. The van der Waals surface area contributed by atoms with E-state index in [0.29, 0.717) is 28.7 Å². The molecule has 2 aromatic rings. The van der Waals surface area contributed by atoms with Crippen molar-refractivity contribution in [2.75, 3.05) is 13.2 Å². The maximum absolute atomic E-state index is 12.1. The number of halogens is 1. The average molecular weight is 405 g/mol. The van der Waals surface area contributed by atoms with Gasteiger partial charge in [-0.2, -0.15) is 0 Å². The normalized spacial score (nSPS) is 10.3. The lowest BCUT2D eigenvalue weighted by atomic mass is 10.1. The Morgan fingerprint density at radius 1 is 0.964 bits per heavy atom. The van der Waals surface area contributed by atoms with Crippen LogP contribution in [-0.4, -0.2) is 25.0 Å². The SMILES string of the molecule is CCCCOc1ccc(C(=O)NNC(=O)COc2cc(C)c(Cl)c(C)c2)cc1. The molecule has 0 radical (unpaired) electrons. The summed E-state index contributed by atoms with van der Waals surface area (Å²) in [7, 11) is 0.